The molecule has 2 atom stereocenters. The number of fused-ring (bicyclic) bond motifs is 1. The fourth-order valence-electron chi connectivity index (χ4n) is 3.28. The minimum atomic E-state index is -5.68. The highest BCUT2D eigenvalue weighted by atomic mass is 19.4. The average Bonchev–Trinajstić information content (AvgIpc) is 3.48. The predicted octanol–water partition coefficient (Wildman–Crippen LogP) is 4.60. The number of allylic oxidation sites excluding steroid dienone is 2. The standard InChI is InChI=1S/C21H26F5N3O2/c1-5-6-7-13-8-10-15(28(2)3)27-17(13)14-9-11-16(29(4)19-18(14)31-19)30-12-20(22,23)21(24,25)26/h8-11,18-19H,5-7,12H2,1-4H3. The smallest absolute Gasteiger partial charge is 0.456 e. The third-order valence-corrected chi connectivity index (χ3v) is 5.22. The zero-order chi connectivity index (χ0) is 23.0. The molecule has 2 unspecified atom stereocenters. The van der Waals surface area contributed by atoms with Crippen LogP contribution in [0.1, 0.15) is 31.0 Å². The van der Waals surface area contributed by atoms with Crippen molar-refractivity contribution >= 4 is 11.4 Å². The number of ether oxygens (including phenoxy) is 2. The average molecular weight is 447 g/mol. The van der Waals surface area contributed by atoms with Gasteiger partial charge in [-0.2, -0.15) is 22.0 Å². The maximum absolute atomic E-state index is 13.3. The third-order valence-electron chi connectivity index (χ3n) is 5.22. The Morgan fingerprint density at radius 1 is 1.16 bits per heavy atom. The number of alkyl halides is 5. The van der Waals surface area contributed by atoms with Gasteiger partial charge in [-0.05, 0) is 36.6 Å². The van der Waals surface area contributed by atoms with Gasteiger partial charge in [0.2, 0.25) is 0 Å². The van der Waals surface area contributed by atoms with Gasteiger partial charge in [-0.15, -0.1) is 0 Å². The lowest BCUT2D eigenvalue weighted by Gasteiger charge is -2.24. The van der Waals surface area contributed by atoms with Crippen LogP contribution in [-0.2, 0) is 15.9 Å². The van der Waals surface area contributed by atoms with E-state index < -0.39 is 24.9 Å². The monoisotopic (exact) mass is 447 g/mol. The van der Waals surface area contributed by atoms with Gasteiger partial charge in [0, 0.05) is 26.7 Å². The second-order valence-corrected chi connectivity index (χ2v) is 7.85. The van der Waals surface area contributed by atoms with Gasteiger partial charge in [0.15, 0.2) is 18.7 Å². The van der Waals surface area contributed by atoms with E-state index in [1.165, 1.54) is 18.0 Å². The summed E-state index contributed by atoms with van der Waals surface area (Å²) in [6.07, 6.45) is -0.779. The zero-order valence-electron chi connectivity index (χ0n) is 17.8. The summed E-state index contributed by atoms with van der Waals surface area (Å²) >= 11 is 0. The van der Waals surface area contributed by atoms with E-state index in [1.54, 1.807) is 6.08 Å². The van der Waals surface area contributed by atoms with E-state index in [9.17, 15) is 22.0 Å². The summed E-state index contributed by atoms with van der Waals surface area (Å²) in [4.78, 5) is 8.04. The number of likely N-dealkylation sites (N-methyl/N-ethyl adjacent to an activating group) is 1. The number of rotatable bonds is 8. The lowest BCUT2D eigenvalue weighted by atomic mass is 9.98. The molecule has 3 rings (SSSR count). The summed E-state index contributed by atoms with van der Waals surface area (Å²) in [7, 11) is 5.27. The molecule has 0 spiro atoms. The molecule has 0 aromatic carbocycles. The van der Waals surface area contributed by atoms with Gasteiger partial charge < -0.3 is 19.3 Å². The Morgan fingerprint density at radius 2 is 1.87 bits per heavy atom. The predicted molar refractivity (Wildman–Crippen MR) is 107 cm³/mol. The van der Waals surface area contributed by atoms with Crippen LogP contribution in [0.2, 0.25) is 0 Å². The van der Waals surface area contributed by atoms with Crippen LogP contribution in [0.15, 0.2) is 30.2 Å². The van der Waals surface area contributed by atoms with E-state index in [-0.39, 0.29) is 12.0 Å². The van der Waals surface area contributed by atoms with E-state index in [0.29, 0.717) is 0 Å². The molecule has 0 N–H and O–H groups in total. The molecule has 5 nitrogen and oxygen atoms in total. The van der Waals surface area contributed by atoms with Crippen LogP contribution in [0.25, 0.3) is 5.57 Å². The van der Waals surface area contributed by atoms with Crippen LogP contribution in [0, 0.1) is 0 Å². The first-order valence-corrected chi connectivity index (χ1v) is 10.0. The first kappa shape index (κ1) is 23.3. The number of epoxide rings is 1. The first-order chi connectivity index (χ1) is 14.5. The Hall–Kier alpha value is -2.36. The largest absolute Gasteiger partial charge is 0.472 e. The van der Waals surface area contributed by atoms with Gasteiger partial charge in [-0.3, -0.25) is 0 Å². The lowest BCUT2D eigenvalue weighted by Crippen LogP contribution is -2.41. The second kappa shape index (κ2) is 8.64. The molecule has 31 heavy (non-hydrogen) atoms. The molecule has 172 valence electrons. The number of anilines is 1. The van der Waals surface area contributed by atoms with Crippen LogP contribution in [0.5, 0.6) is 0 Å². The number of nitrogens with zero attached hydrogens (tertiary/aromatic N) is 3. The fraction of sp³-hybridized carbons (Fsp3) is 0.571. The molecular formula is C21H26F5N3O2. The minimum Gasteiger partial charge on any atom is -0.472 e. The summed E-state index contributed by atoms with van der Waals surface area (Å²) in [6, 6.07) is 3.93. The van der Waals surface area contributed by atoms with Crippen molar-refractivity contribution in [3.05, 3.63) is 41.4 Å². The Labute approximate surface area is 178 Å². The van der Waals surface area contributed by atoms with E-state index in [1.807, 2.05) is 31.1 Å². The van der Waals surface area contributed by atoms with Crippen molar-refractivity contribution in [1.29, 1.82) is 0 Å². The number of aryl methyl sites for hydroxylation is 1. The van der Waals surface area contributed by atoms with Crippen LogP contribution in [-0.4, -0.2) is 62.1 Å². The number of unbranched alkanes of at least 4 members (excludes halogenated alkanes) is 1. The first-order valence-electron chi connectivity index (χ1n) is 10.0. The molecule has 2 aliphatic rings. The highest BCUT2D eigenvalue weighted by Gasteiger charge is 2.58. The van der Waals surface area contributed by atoms with Crippen molar-refractivity contribution < 1.29 is 31.4 Å². The molecule has 0 aliphatic carbocycles. The van der Waals surface area contributed by atoms with Crippen molar-refractivity contribution in [1.82, 2.24) is 9.88 Å². The zero-order valence-corrected chi connectivity index (χ0v) is 17.8. The third kappa shape index (κ3) is 4.94. The molecule has 1 fully saturated rings. The Kier molecular flexibility index (Phi) is 6.50. The van der Waals surface area contributed by atoms with Gasteiger partial charge in [0.25, 0.3) is 0 Å². The number of aromatic nitrogens is 1. The maximum atomic E-state index is 13.3. The van der Waals surface area contributed by atoms with E-state index in [2.05, 4.69) is 6.92 Å². The van der Waals surface area contributed by atoms with Crippen molar-refractivity contribution in [2.45, 2.75) is 50.6 Å². The summed E-state index contributed by atoms with van der Waals surface area (Å²) in [6.45, 7) is 0.285. The van der Waals surface area contributed by atoms with Gasteiger partial charge in [0.1, 0.15) is 11.9 Å². The Bertz CT molecular complexity index is 867. The summed E-state index contributed by atoms with van der Waals surface area (Å²) in [5.74, 6) is -4.33. The van der Waals surface area contributed by atoms with Crippen molar-refractivity contribution in [3.8, 4) is 0 Å². The quantitative estimate of drug-likeness (QED) is 0.430. The topological polar surface area (TPSA) is 41.1 Å². The Balaban J connectivity index is 1.91. The van der Waals surface area contributed by atoms with Crippen LogP contribution in [0.4, 0.5) is 27.8 Å². The molecule has 3 heterocycles. The molecule has 1 aromatic rings. The number of hydrogen-bond acceptors (Lipinski definition) is 5. The van der Waals surface area contributed by atoms with Crippen LogP contribution >= 0.6 is 0 Å². The summed E-state index contributed by atoms with van der Waals surface area (Å²) in [5.41, 5.74) is 2.50. The van der Waals surface area contributed by atoms with Crippen molar-refractivity contribution in [2.75, 3.05) is 32.6 Å². The van der Waals surface area contributed by atoms with Crippen molar-refractivity contribution in [3.63, 3.8) is 0 Å². The highest BCUT2D eigenvalue weighted by Crippen LogP contribution is 2.42. The Morgan fingerprint density at radius 3 is 2.48 bits per heavy atom. The van der Waals surface area contributed by atoms with E-state index >= 15 is 0 Å². The van der Waals surface area contributed by atoms with Crippen molar-refractivity contribution in [2.24, 2.45) is 0 Å². The molecule has 0 amide bonds. The normalized spacial score (nSPS) is 21.1. The number of halogens is 5. The van der Waals surface area contributed by atoms with Gasteiger partial charge in [-0.25, -0.2) is 4.98 Å². The molecule has 2 aliphatic heterocycles. The summed E-state index contributed by atoms with van der Waals surface area (Å²) < 4.78 is 74.6. The molecule has 10 heteroatoms. The van der Waals surface area contributed by atoms with Crippen LogP contribution in [0.3, 0.4) is 0 Å². The van der Waals surface area contributed by atoms with Crippen LogP contribution < -0.4 is 4.90 Å². The lowest BCUT2D eigenvalue weighted by molar-refractivity contribution is -0.295. The van der Waals surface area contributed by atoms with Gasteiger partial charge in [0.05, 0.1) is 5.69 Å². The SMILES string of the molecule is CCCCc1ccc(N(C)C)nc1C1=CC=C(OCC(F)(F)C(F)(F)F)N(C)C2OC12. The molecule has 0 bridgehead atoms. The molecule has 1 saturated heterocycles. The minimum absolute atomic E-state index is 0.120. The van der Waals surface area contributed by atoms with Gasteiger partial charge >= 0.3 is 12.1 Å². The van der Waals surface area contributed by atoms with Gasteiger partial charge in [-0.1, -0.05) is 19.4 Å². The molecule has 1 aromatic heterocycles. The second-order valence-electron chi connectivity index (χ2n) is 7.85. The number of hydrogen-bond donors (Lipinski definition) is 0. The number of pyridine rings is 1. The van der Waals surface area contributed by atoms with E-state index in [4.69, 9.17) is 14.5 Å². The van der Waals surface area contributed by atoms with E-state index in [0.717, 1.165) is 41.9 Å². The fourth-order valence-corrected chi connectivity index (χ4v) is 3.28. The summed E-state index contributed by atoms with van der Waals surface area (Å²) in [5, 5.41) is 0. The molecule has 0 radical (unpaired) electrons. The molecule has 0 saturated carbocycles. The maximum Gasteiger partial charge on any atom is 0.456 e. The highest BCUT2D eigenvalue weighted by molar-refractivity contribution is 5.74. The molecular weight excluding hydrogens is 421 g/mol.